The molecule has 1 fully saturated rings. The summed E-state index contributed by atoms with van der Waals surface area (Å²) >= 11 is 0. The van der Waals surface area contributed by atoms with Crippen molar-refractivity contribution in [1.82, 2.24) is 10.2 Å². The molecule has 31 heavy (non-hydrogen) atoms. The number of rotatable bonds is 9. The average Bonchev–Trinajstić information content (AvgIpc) is 2.76. The van der Waals surface area contributed by atoms with Gasteiger partial charge in [-0.15, -0.1) is 0 Å². The van der Waals surface area contributed by atoms with E-state index in [-0.39, 0.29) is 12.5 Å². The first-order chi connectivity index (χ1) is 15.0. The number of nitrogens with two attached hydrogens (primary N) is 1. The van der Waals surface area contributed by atoms with Gasteiger partial charge in [-0.2, -0.15) is 0 Å². The molecule has 6 heteroatoms. The first-order valence-corrected chi connectivity index (χ1v) is 10.8. The number of likely N-dealkylation sites (tertiary alicyclic amines) is 1. The van der Waals surface area contributed by atoms with Crippen LogP contribution in [0.1, 0.15) is 36.5 Å². The topological polar surface area (TPSA) is 84.7 Å². The maximum Gasteiger partial charge on any atom is 0.255 e. The summed E-state index contributed by atoms with van der Waals surface area (Å²) in [7, 11) is 0. The molecule has 0 aliphatic carbocycles. The number of carbonyl (C=O) groups is 2. The van der Waals surface area contributed by atoms with Crippen LogP contribution in [0.2, 0.25) is 0 Å². The van der Waals surface area contributed by atoms with Gasteiger partial charge in [0, 0.05) is 25.7 Å². The van der Waals surface area contributed by atoms with Crippen molar-refractivity contribution in [3.63, 3.8) is 0 Å². The first kappa shape index (κ1) is 22.6. The number of nitrogens with one attached hydrogen (secondary N) is 1. The van der Waals surface area contributed by atoms with E-state index in [9.17, 15) is 9.59 Å². The van der Waals surface area contributed by atoms with E-state index in [4.69, 9.17) is 10.5 Å². The number of piperidine rings is 1. The summed E-state index contributed by atoms with van der Waals surface area (Å²) in [6.07, 6.45) is 5.83. The molecular weight excluding hydrogens is 390 g/mol. The Balaban J connectivity index is 1.51. The Hall–Kier alpha value is -3.12. The SMILES string of the molecule is CC1CCCN(Cc2ccccc2CNC(=O)/C=C/c2ccc(OCC(N)=O)cc2)C1. The van der Waals surface area contributed by atoms with Crippen molar-refractivity contribution in [1.29, 1.82) is 0 Å². The lowest BCUT2D eigenvalue weighted by molar-refractivity contribution is -0.120. The van der Waals surface area contributed by atoms with Gasteiger partial charge in [0.05, 0.1) is 0 Å². The first-order valence-electron chi connectivity index (χ1n) is 10.8. The van der Waals surface area contributed by atoms with Crippen molar-refractivity contribution in [3.05, 3.63) is 71.3 Å². The van der Waals surface area contributed by atoms with Crippen LogP contribution in [0, 0.1) is 5.92 Å². The summed E-state index contributed by atoms with van der Waals surface area (Å²) in [6.45, 7) is 5.86. The van der Waals surface area contributed by atoms with Gasteiger partial charge in [0.1, 0.15) is 5.75 Å². The van der Waals surface area contributed by atoms with Gasteiger partial charge in [-0.3, -0.25) is 14.5 Å². The monoisotopic (exact) mass is 421 g/mol. The van der Waals surface area contributed by atoms with Gasteiger partial charge < -0.3 is 15.8 Å². The number of hydrogen-bond acceptors (Lipinski definition) is 4. The summed E-state index contributed by atoms with van der Waals surface area (Å²) in [4.78, 5) is 25.6. The summed E-state index contributed by atoms with van der Waals surface area (Å²) in [5.41, 5.74) is 8.35. The number of amides is 2. The third-order valence-electron chi connectivity index (χ3n) is 5.39. The quantitative estimate of drug-likeness (QED) is 0.610. The minimum atomic E-state index is -0.521. The van der Waals surface area contributed by atoms with Crippen molar-refractivity contribution in [2.45, 2.75) is 32.9 Å². The summed E-state index contributed by atoms with van der Waals surface area (Å²) in [5.74, 6) is 0.637. The number of nitrogens with zero attached hydrogens (tertiary/aromatic N) is 1. The second-order valence-corrected chi connectivity index (χ2v) is 8.13. The molecule has 1 aliphatic rings. The van der Waals surface area contributed by atoms with Crippen LogP contribution in [0.4, 0.5) is 0 Å². The Labute approximate surface area is 184 Å². The molecule has 164 valence electrons. The van der Waals surface area contributed by atoms with E-state index in [2.05, 4.69) is 35.3 Å². The molecule has 3 rings (SSSR count). The van der Waals surface area contributed by atoms with Gasteiger partial charge in [-0.05, 0) is 60.2 Å². The minimum absolute atomic E-state index is 0.143. The van der Waals surface area contributed by atoms with Crippen LogP contribution >= 0.6 is 0 Å². The molecule has 1 heterocycles. The van der Waals surface area contributed by atoms with Gasteiger partial charge in [-0.25, -0.2) is 0 Å². The Morgan fingerprint density at radius 2 is 1.90 bits per heavy atom. The van der Waals surface area contributed by atoms with Gasteiger partial charge in [0.25, 0.3) is 5.91 Å². The predicted molar refractivity (Wildman–Crippen MR) is 122 cm³/mol. The van der Waals surface area contributed by atoms with Crippen LogP contribution in [0.15, 0.2) is 54.6 Å². The molecule has 0 aromatic heterocycles. The number of carbonyl (C=O) groups excluding carboxylic acids is 2. The lowest BCUT2D eigenvalue weighted by atomic mass is 9.99. The molecule has 0 spiro atoms. The molecule has 0 radical (unpaired) electrons. The zero-order valence-corrected chi connectivity index (χ0v) is 18.0. The summed E-state index contributed by atoms with van der Waals surface area (Å²) in [6, 6.07) is 15.4. The fourth-order valence-electron chi connectivity index (χ4n) is 3.80. The van der Waals surface area contributed by atoms with Gasteiger partial charge in [0.15, 0.2) is 6.61 Å². The number of hydrogen-bond donors (Lipinski definition) is 2. The highest BCUT2D eigenvalue weighted by molar-refractivity contribution is 5.91. The standard InChI is InChI=1S/C25H31N3O3/c1-19-5-4-14-28(16-19)17-22-7-3-2-6-21(22)15-27-25(30)13-10-20-8-11-23(12-9-20)31-18-24(26)29/h2-3,6-13,19H,4-5,14-18H2,1H3,(H2,26,29)(H,27,30)/b13-10+. The number of primary amides is 1. The van der Waals surface area contributed by atoms with Crippen molar-refractivity contribution in [2.24, 2.45) is 11.7 Å². The van der Waals surface area contributed by atoms with E-state index >= 15 is 0 Å². The van der Waals surface area contributed by atoms with E-state index in [1.165, 1.54) is 24.5 Å². The van der Waals surface area contributed by atoms with Crippen molar-refractivity contribution >= 4 is 17.9 Å². The normalized spacial score (nSPS) is 16.9. The molecular formula is C25H31N3O3. The van der Waals surface area contributed by atoms with Crippen molar-refractivity contribution in [3.8, 4) is 5.75 Å². The molecule has 1 aliphatic heterocycles. The third-order valence-corrected chi connectivity index (χ3v) is 5.39. The van der Waals surface area contributed by atoms with Crippen LogP contribution in [-0.2, 0) is 22.7 Å². The van der Waals surface area contributed by atoms with E-state index in [0.29, 0.717) is 12.3 Å². The molecule has 1 atom stereocenters. The molecule has 6 nitrogen and oxygen atoms in total. The van der Waals surface area contributed by atoms with Crippen LogP contribution < -0.4 is 15.8 Å². The molecule has 2 amide bonds. The lowest BCUT2D eigenvalue weighted by Gasteiger charge is -2.31. The molecule has 2 aromatic carbocycles. The van der Waals surface area contributed by atoms with Crippen molar-refractivity contribution < 1.29 is 14.3 Å². The zero-order chi connectivity index (χ0) is 22.1. The molecule has 3 N–H and O–H groups in total. The molecule has 1 saturated heterocycles. The van der Waals surface area contributed by atoms with Crippen LogP contribution in [0.3, 0.4) is 0 Å². The minimum Gasteiger partial charge on any atom is -0.484 e. The summed E-state index contributed by atoms with van der Waals surface area (Å²) in [5, 5.41) is 2.98. The Morgan fingerprint density at radius 3 is 2.61 bits per heavy atom. The van der Waals surface area contributed by atoms with Crippen LogP contribution in [0.25, 0.3) is 6.08 Å². The second kappa shape index (κ2) is 11.3. The molecule has 0 bridgehead atoms. The zero-order valence-electron chi connectivity index (χ0n) is 18.0. The number of benzene rings is 2. The highest BCUT2D eigenvalue weighted by Gasteiger charge is 2.17. The Kier molecular flexibility index (Phi) is 8.24. The maximum atomic E-state index is 12.3. The maximum absolute atomic E-state index is 12.3. The smallest absolute Gasteiger partial charge is 0.255 e. The van der Waals surface area contributed by atoms with E-state index in [1.54, 1.807) is 18.2 Å². The van der Waals surface area contributed by atoms with E-state index in [1.807, 2.05) is 18.2 Å². The van der Waals surface area contributed by atoms with Gasteiger partial charge in [-0.1, -0.05) is 43.3 Å². The largest absolute Gasteiger partial charge is 0.484 e. The van der Waals surface area contributed by atoms with Gasteiger partial charge in [0.2, 0.25) is 5.91 Å². The van der Waals surface area contributed by atoms with E-state index < -0.39 is 5.91 Å². The Morgan fingerprint density at radius 1 is 1.16 bits per heavy atom. The summed E-state index contributed by atoms with van der Waals surface area (Å²) < 4.78 is 5.23. The fraction of sp³-hybridized carbons (Fsp3) is 0.360. The predicted octanol–water partition coefficient (Wildman–Crippen LogP) is 3.11. The Bertz CT molecular complexity index is 908. The average molecular weight is 422 g/mol. The highest BCUT2D eigenvalue weighted by Crippen LogP contribution is 2.19. The molecule has 2 aromatic rings. The molecule has 0 saturated carbocycles. The van der Waals surface area contributed by atoms with E-state index in [0.717, 1.165) is 36.7 Å². The third kappa shape index (κ3) is 7.57. The van der Waals surface area contributed by atoms with Gasteiger partial charge >= 0.3 is 0 Å². The second-order valence-electron chi connectivity index (χ2n) is 8.13. The number of ether oxygens (including phenoxy) is 1. The fourth-order valence-corrected chi connectivity index (χ4v) is 3.80. The van der Waals surface area contributed by atoms with Crippen LogP contribution in [0.5, 0.6) is 5.75 Å². The van der Waals surface area contributed by atoms with Crippen molar-refractivity contribution in [2.75, 3.05) is 19.7 Å². The highest BCUT2D eigenvalue weighted by atomic mass is 16.5. The lowest BCUT2D eigenvalue weighted by Crippen LogP contribution is -2.34. The molecule has 1 unspecified atom stereocenters. The van der Waals surface area contributed by atoms with Crippen LogP contribution in [-0.4, -0.2) is 36.4 Å².